The van der Waals surface area contributed by atoms with E-state index in [1.165, 1.54) is 4.90 Å². The molecule has 0 aliphatic rings. The molecule has 1 aromatic rings. The van der Waals surface area contributed by atoms with E-state index in [1.807, 2.05) is 0 Å². The van der Waals surface area contributed by atoms with Crippen LogP contribution in [0.5, 0.6) is 0 Å². The Bertz CT molecular complexity index is 382. The first-order valence-electron chi connectivity index (χ1n) is 4.97. The Morgan fingerprint density at radius 3 is 2.59 bits per heavy atom. The van der Waals surface area contributed by atoms with Crippen molar-refractivity contribution in [1.82, 2.24) is 4.98 Å². The second-order valence-electron chi connectivity index (χ2n) is 3.59. The van der Waals surface area contributed by atoms with Crippen molar-refractivity contribution in [2.75, 3.05) is 18.5 Å². The highest BCUT2D eigenvalue weighted by Crippen LogP contribution is 2.22. The maximum absolute atomic E-state index is 12.1. The van der Waals surface area contributed by atoms with Crippen molar-refractivity contribution >= 4 is 17.4 Å². The highest BCUT2D eigenvalue weighted by atomic mass is 35.5. The second-order valence-corrected chi connectivity index (χ2v) is 4.00. The van der Waals surface area contributed by atoms with Gasteiger partial charge in [-0.05, 0) is 12.1 Å². The van der Waals surface area contributed by atoms with Gasteiger partial charge >= 0.3 is 6.18 Å². The van der Waals surface area contributed by atoms with Crippen LogP contribution in [0.2, 0.25) is 5.02 Å². The lowest BCUT2D eigenvalue weighted by Crippen LogP contribution is -2.25. The van der Waals surface area contributed by atoms with Crippen LogP contribution in [0.25, 0.3) is 0 Å². The molecule has 1 aromatic heterocycles. The molecule has 0 aliphatic carbocycles. The van der Waals surface area contributed by atoms with Crippen molar-refractivity contribution in [2.24, 2.45) is 5.73 Å². The van der Waals surface area contributed by atoms with Crippen LogP contribution in [-0.4, -0.2) is 24.8 Å². The van der Waals surface area contributed by atoms with E-state index in [9.17, 15) is 13.2 Å². The molecular weight excluding hydrogens is 255 g/mol. The van der Waals surface area contributed by atoms with Gasteiger partial charge in [-0.15, -0.1) is 0 Å². The first-order valence-corrected chi connectivity index (χ1v) is 5.34. The fourth-order valence-electron chi connectivity index (χ4n) is 1.24. The summed E-state index contributed by atoms with van der Waals surface area (Å²) in [7, 11) is 1.54. The third-order valence-corrected chi connectivity index (χ3v) is 2.56. The Kier molecular flexibility index (Phi) is 4.59. The topological polar surface area (TPSA) is 42.1 Å². The number of nitrogens with zero attached hydrogens (tertiary/aromatic N) is 2. The van der Waals surface area contributed by atoms with Crippen LogP contribution in [0.15, 0.2) is 12.1 Å². The molecule has 0 saturated carbocycles. The Balaban J connectivity index is 2.72. The van der Waals surface area contributed by atoms with Gasteiger partial charge < -0.3 is 10.6 Å². The zero-order chi connectivity index (χ0) is 13.1. The average molecular weight is 268 g/mol. The molecule has 1 heterocycles. The summed E-state index contributed by atoms with van der Waals surface area (Å²) in [4.78, 5) is 5.51. The summed E-state index contributed by atoms with van der Waals surface area (Å²) in [6, 6.07) is 3.15. The van der Waals surface area contributed by atoms with E-state index < -0.39 is 12.6 Å². The van der Waals surface area contributed by atoms with Crippen molar-refractivity contribution in [3.8, 4) is 0 Å². The van der Waals surface area contributed by atoms with Crippen LogP contribution in [0.4, 0.5) is 19.0 Å². The number of halogens is 4. The number of nitrogens with two attached hydrogens (primary N) is 1. The molecule has 0 bridgehead atoms. The third kappa shape index (κ3) is 4.40. The molecule has 7 heteroatoms. The summed E-state index contributed by atoms with van der Waals surface area (Å²) in [6.45, 7) is 0.00191. The molecule has 3 nitrogen and oxygen atoms in total. The Labute approximate surface area is 102 Å². The van der Waals surface area contributed by atoms with Crippen molar-refractivity contribution in [3.63, 3.8) is 0 Å². The lowest BCUT2D eigenvalue weighted by atomic mass is 10.3. The molecule has 2 N–H and O–H groups in total. The molecule has 0 saturated heterocycles. The van der Waals surface area contributed by atoms with Crippen LogP contribution in [-0.2, 0) is 6.54 Å². The minimum atomic E-state index is -4.17. The minimum absolute atomic E-state index is 0.151. The van der Waals surface area contributed by atoms with E-state index in [4.69, 9.17) is 17.3 Å². The predicted octanol–water partition coefficient (Wildman–Crippen LogP) is 2.58. The van der Waals surface area contributed by atoms with Crippen LogP contribution in [0.3, 0.4) is 0 Å². The van der Waals surface area contributed by atoms with Crippen molar-refractivity contribution in [3.05, 3.63) is 22.8 Å². The standard InChI is InChI=1S/C10H13ClF3N3/c1-17(5-4-10(12,13)14)9-3-2-7(11)8(6-15)16-9/h2-3H,4-6,15H2,1H3. The number of rotatable bonds is 4. The number of aromatic nitrogens is 1. The van der Waals surface area contributed by atoms with Gasteiger partial charge in [0.15, 0.2) is 0 Å². The fraction of sp³-hybridized carbons (Fsp3) is 0.500. The smallest absolute Gasteiger partial charge is 0.359 e. The second kappa shape index (κ2) is 5.55. The summed E-state index contributed by atoms with van der Waals surface area (Å²) in [6.07, 6.45) is -5.05. The zero-order valence-corrected chi connectivity index (χ0v) is 10.0. The molecule has 0 aliphatic heterocycles. The monoisotopic (exact) mass is 267 g/mol. The molecule has 0 unspecified atom stereocenters. The van der Waals surface area contributed by atoms with E-state index in [0.29, 0.717) is 16.5 Å². The van der Waals surface area contributed by atoms with E-state index >= 15 is 0 Å². The van der Waals surface area contributed by atoms with Gasteiger partial charge in [-0.2, -0.15) is 13.2 Å². The maximum atomic E-state index is 12.1. The fourth-order valence-corrected chi connectivity index (χ4v) is 1.42. The first-order chi connectivity index (χ1) is 7.83. The van der Waals surface area contributed by atoms with Crippen LogP contribution in [0, 0.1) is 0 Å². The molecular formula is C10H13ClF3N3. The molecule has 0 aromatic carbocycles. The quantitative estimate of drug-likeness (QED) is 0.912. The van der Waals surface area contributed by atoms with E-state index in [-0.39, 0.29) is 13.1 Å². The SMILES string of the molecule is CN(CCC(F)(F)F)c1ccc(Cl)c(CN)n1. The highest BCUT2D eigenvalue weighted by molar-refractivity contribution is 6.31. The summed E-state index contributed by atoms with van der Waals surface area (Å²) < 4.78 is 36.2. The molecule has 96 valence electrons. The number of hydrogen-bond acceptors (Lipinski definition) is 3. The summed E-state index contributed by atoms with van der Waals surface area (Å²) >= 11 is 5.81. The van der Waals surface area contributed by atoms with E-state index in [1.54, 1.807) is 19.2 Å². The molecule has 1 rings (SSSR count). The number of anilines is 1. The van der Waals surface area contributed by atoms with Gasteiger partial charge in [0.2, 0.25) is 0 Å². The van der Waals surface area contributed by atoms with Gasteiger partial charge in [0, 0.05) is 20.1 Å². The van der Waals surface area contributed by atoms with Crippen molar-refractivity contribution in [1.29, 1.82) is 0 Å². The van der Waals surface area contributed by atoms with Crippen LogP contribution in [0.1, 0.15) is 12.1 Å². The van der Waals surface area contributed by atoms with Gasteiger partial charge in [0.1, 0.15) is 5.82 Å². The maximum Gasteiger partial charge on any atom is 0.390 e. The molecule has 0 atom stereocenters. The van der Waals surface area contributed by atoms with E-state index in [0.717, 1.165) is 0 Å². The summed E-state index contributed by atoms with van der Waals surface area (Å²) in [5.41, 5.74) is 5.89. The van der Waals surface area contributed by atoms with Gasteiger partial charge in [-0.1, -0.05) is 11.6 Å². The van der Waals surface area contributed by atoms with Crippen LogP contribution < -0.4 is 10.6 Å². The van der Waals surface area contributed by atoms with Crippen LogP contribution >= 0.6 is 11.6 Å². The normalized spacial score (nSPS) is 11.6. The Hall–Kier alpha value is -1.01. The number of alkyl halides is 3. The zero-order valence-electron chi connectivity index (χ0n) is 9.26. The lowest BCUT2D eigenvalue weighted by molar-refractivity contribution is -0.132. The summed E-state index contributed by atoms with van der Waals surface area (Å²) in [5, 5.41) is 0.417. The molecule has 0 spiro atoms. The first kappa shape index (κ1) is 14.1. The Morgan fingerprint density at radius 2 is 2.06 bits per heavy atom. The molecule has 0 amide bonds. The van der Waals surface area contributed by atoms with Gasteiger partial charge in [-0.25, -0.2) is 4.98 Å². The number of pyridine rings is 1. The molecule has 0 radical (unpaired) electrons. The van der Waals surface area contributed by atoms with E-state index in [2.05, 4.69) is 4.98 Å². The summed E-state index contributed by atoms with van der Waals surface area (Å²) in [5.74, 6) is 0.430. The van der Waals surface area contributed by atoms with Gasteiger partial charge in [0.05, 0.1) is 17.1 Å². The highest BCUT2D eigenvalue weighted by Gasteiger charge is 2.27. The molecule has 0 fully saturated rings. The van der Waals surface area contributed by atoms with Gasteiger partial charge in [-0.3, -0.25) is 0 Å². The number of hydrogen-bond donors (Lipinski definition) is 1. The average Bonchev–Trinajstić information content (AvgIpc) is 2.25. The minimum Gasteiger partial charge on any atom is -0.359 e. The lowest BCUT2D eigenvalue weighted by Gasteiger charge is -2.19. The van der Waals surface area contributed by atoms with Crippen molar-refractivity contribution in [2.45, 2.75) is 19.1 Å². The predicted molar refractivity (Wildman–Crippen MR) is 61.1 cm³/mol. The largest absolute Gasteiger partial charge is 0.390 e. The third-order valence-electron chi connectivity index (χ3n) is 2.22. The molecule has 17 heavy (non-hydrogen) atoms. The van der Waals surface area contributed by atoms with Crippen molar-refractivity contribution < 1.29 is 13.2 Å². The van der Waals surface area contributed by atoms with Gasteiger partial charge in [0.25, 0.3) is 0 Å². The Morgan fingerprint density at radius 1 is 1.41 bits per heavy atom.